The van der Waals surface area contributed by atoms with Gasteiger partial charge in [0.25, 0.3) is 0 Å². The van der Waals surface area contributed by atoms with Crippen LogP contribution >= 0.6 is 11.6 Å². The van der Waals surface area contributed by atoms with E-state index in [0.29, 0.717) is 11.6 Å². The van der Waals surface area contributed by atoms with Gasteiger partial charge in [0.15, 0.2) is 0 Å². The summed E-state index contributed by atoms with van der Waals surface area (Å²) in [6.07, 6.45) is 0.751. The molecule has 0 bridgehead atoms. The van der Waals surface area contributed by atoms with Crippen LogP contribution < -0.4 is 5.32 Å². The molecule has 2 heterocycles. The maximum absolute atomic E-state index is 12.3. The van der Waals surface area contributed by atoms with Gasteiger partial charge in [0.1, 0.15) is 0 Å². The standard InChI is InChI=1S/C17H23ClN2O3/c1-12-15(4-7-23-12)17(21)19-14-3-2-13(16(18)10-14)11-20-5-8-22-9-6-20/h2-3,10,12,15H,4-9,11H2,1H3,(H,19,21)/t12-,15-/m0/s1. The Labute approximate surface area is 141 Å². The second-order valence-corrected chi connectivity index (χ2v) is 6.56. The molecule has 2 aliphatic rings. The minimum Gasteiger partial charge on any atom is -0.379 e. The van der Waals surface area contributed by atoms with Gasteiger partial charge in [-0.15, -0.1) is 0 Å². The van der Waals surface area contributed by atoms with Gasteiger partial charge in [-0.3, -0.25) is 9.69 Å². The molecule has 2 aliphatic heterocycles. The minimum absolute atomic E-state index is 0.00648. The molecule has 1 N–H and O–H groups in total. The van der Waals surface area contributed by atoms with Gasteiger partial charge in [0.2, 0.25) is 5.91 Å². The average molecular weight is 339 g/mol. The number of carbonyl (C=O) groups is 1. The number of amides is 1. The smallest absolute Gasteiger partial charge is 0.230 e. The molecule has 2 saturated heterocycles. The number of ether oxygens (including phenoxy) is 2. The number of anilines is 1. The molecule has 0 spiro atoms. The molecule has 0 saturated carbocycles. The molecule has 1 amide bonds. The number of carbonyl (C=O) groups excluding carboxylic acids is 1. The van der Waals surface area contributed by atoms with E-state index in [1.165, 1.54) is 0 Å². The van der Waals surface area contributed by atoms with Gasteiger partial charge < -0.3 is 14.8 Å². The van der Waals surface area contributed by atoms with Crippen molar-refractivity contribution in [1.29, 1.82) is 0 Å². The zero-order valence-corrected chi connectivity index (χ0v) is 14.1. The monoisotopic (exact) mass is 338 g/mol. The largest absolute Gasteiger partial charge is 0.379 e. The van der Waals surface area contributed by atoms with Crippen molar-refractivity contribution >= 4 is 23.2 Å². The first-order chi connectivity index (χ1) is 11.1. The number of hydrogen-bond acceptors (Lipinski definition) is 4. The fraction of sp³-hybridized carbons (Fsp3) is 0.588. The van der Waals surface area contributed by atoms with E-state index in [4.69, 9.17) is 21.1 Å². The maximum atomic E-state index is 12.3. The highest BCUT2D eigenvalue weighted by Gasteiger charge is 2.30. The Morgan fingerprint density at radius 2 is 2.13 bits per heavy atom. The zero-order chi connectivity index (χ0) is 16.2. The molecule has 2 atom stereocenters. The summed E-state index contributed by atoms with van der Waals surface area (Å²) in [6.45, 7) is 6.79. The maximum Gasteiger partial charge on any atom is 0.230 e. The Kier molecular flexibility index (Phi) is 5.54. The fourth-order valence-corrected chi connectivity index (χ4v) is 3.30. The van der Waals surface area contributed by atoms with Crippen LogP contribution in [0, 0.1) is 5.92 Å². The summed E-state index contributed by atoms with van der Waals surface area (Å²) in [5, 5.41) is 3.63. The first-order valence-corrected chi connectivity index (χ1v) is 8.52. The van der Waals surface area contributed by atoms with E-state index in [-0.39, 0.29) is 17.9 Å². The van der Waals surface area contributed by atoms with Crippen LogP contribution in [-0.2, 0) is 20.8 Å². The summed E-state index contributed by atoms with van der Waals surface area (Å²) in [5.41, 5.74) is 1.81. The summed E-state index contributed by atoms with van der Waals surface area (Å²) >= 11 is 6.39. The van der Waals surface area contributed by atoms with Gasteiger partial charge in [-0.25, -0.2) is 0 Å². The summed E-state index contributed by atoms with van der Waals surface area (Å²) in [7, 11) is 0. The molecule has 2 fully saturated rings. The Morgan fingerprint density at radius 1 is 1.35 bits per heavy atom. The highest BCUT2D eigenvalue weighted by atomic mass is 35.5. The van der Waals surface area contributed by atoms with Crippen molar-refractivity contribution in [3.63, 3.8) is 0 Å². The summed E-state index contributed by atoms with van der Waals surface area (Å²) < 4.78 is 10.8. The first kappa shape index (κ1) is 16.7. The van der Waals surface area contributed by atoms with E-state index in [1.54, 1.807) is 0 Å². The molecule has 0 aromatic heterocycles. The molecule has 0 aliphatic carbocycles. The first-order valence-electron chi connectivity index (χ1n) is 8.14. The number of hydrogen-bond donors (Lipinski definition) is 1. The average Bonchev–Trinajstić information content (AvgIpc) is 2.97. The van der Waals surface area contributed by atoms with E-state index in [0.717, 1.165) is 50.5 Å². The van der Waals surface area contributed by atoms with E-state index in [1.807, 2.05) is 25.1 Å². The van der Waals surface area contributed by atoms with Gasteiger partial charge in [0.05, 0.1) is 25.2 Å². The molecule has 6 heteroatoms. The van der Waals surface area contributed by atoms with Crippen LogP contribution in [0.15, 0.2) is 18.2 Å². The number of nitrogens with zero attached hydrogens (tertiary/aromatic N) is 1. The normalized spacial score (nSPS) is 25.5. The molecular formula is C17H23ClN2O3. The minimum atomic E-state index is -0.0817. The van der Waals surface area contributed by atoms with Crippen LogP contribution in [0.5, 0.6) is 0 Å². The lowest BCUT2D eigenvalue weighted by atomic mass is 10.0. The highest BCUT2D eigenvalue weighted by molar-refractivity contribution is 6.31. The SMILES string of the molecule is C[C@@H]1OCC[C@@H]1C(=O)Nc1ccc(CN2CCOCC2)c(Cl)c1. The third-order valence-corrected chi connectivity index (χ3v) is 4.88. The van der Waals surface area contributed by atoms with Crippen molar-refractivity contribution in [2.75, 3.05) is 38.2 Å². The van der Waals surface area contributed by atoms with E-state index in [2.05, 4.69) is 10.2 Å². The molecule has 0 unspecified atom stereocenters. The van der Waals surface area contributed by atoms with Crippen molar-refractivity contribution in [2.24, 2.45) is 5.92 Å². The van der Waals surface area contributed by atoms with Gasteiger partial charge >= 0.3 is 0 Å². The fourth-order valence-electron chi connectivity index (χ4n) is 3.06. The van der Waals surface area contributed by atoms with Gasteiger partial charge in [0, 0.05) is 37.0 Å². The highest BCUT2D eigenvalue weighted by Crippen LogP contribution is 2.25. The third kappa shape index (κ3) is 4.23. The molecule has 0 radical (unpaired) electrons. The van der Waals surface area contributed by atoms with Gasteiger partial charge in [-0.05, 0) is 31.0 Å². The number of benzene rings is 1. The van der Waals surface area contributed by atoms with E-state index >= 15 is 0 Å². The molecule has 1 aromatic rings. The second kappa shape index (κ2) is 7.62. The number of halogens is 1. The Morgan fingerprint density at radius 3 is 2.78 bits per heavy atom. The summed E-state index contributed by atoms with van der Waals surface area (Å²) in [4.78, 5) is 14.6. The predicted octanol–water partition coefficient (Wildman–Crippen LogP) is 2.54. The molecular weight excluding hydrogens is 316 g/mol. The van der Waals surface area contributed by atoms with Crippen LogP contribution in [0.2, 0.25) is 5.02 Å². The lowest BCUT2D eigenvalue weighted by Gasteiger charge is -2.27. The summed E-state index contributed by atoms with van der Waals surface area (Å²) in [5.74, 6) is -0.0752. The zero-order valence-electron chi connectivity index (χ0n) is 13.4. The summed E-state index contributed by atoms with van der Waals surface area (Å²) in [6, 6.07) is 5.73. The number of morpholine rings is 1. The molecule has 1 aromatic carbocycles. The topological polar surface area (TPSA) is 50.8 Å². The van der Waals surface area contributed by atoms with Crippen LogP contribution in [0.4, 0.5) is 5.69 Å². The van der Waals surface area contributed by atoms with Crippen LogP contribution in [0.1, 0.15) is 18.9 Å². The number of nitrogens with one attached hydrogen (secondary N) is 1. The van der Waals surface area contributed by atoms with Crippen LogP contribution in [0.25, 0.3) is 0 Å². The molecule has 5 nitrogen and oxygen atoms in total. The van der Waals surface area contributed by atoms with Crippen LogP contribution in [-0.4, -0.2) is 49.8 Å². The second-order valence-electron chi connectivity index (χ2n) is 6.16. The van der Waals surface area contributed by atoms with E-state index in [9.17, 15) is 4.79 Å². The Balaban J connectivity index is 1.61. The molecule has 3 rings (SSSR count). The molecule has 23 heavy (non-hydrogen) atoms. The van der Waals surface area contributed by atoms with Crippen molar-refractivity contribution < 1.29 is 14.3 Å². The van der Waals surface area contributed by atoms with Crippen molar-refractivity contribution in [2.45, 2.75) is 26.0 Å². The third-order valence-electron chi connectivity index (χ3n) is 4.53. The lowest BCUT2D eigenvalue weighted by Crippen LogP contribution is -2.35. The lowest BCUT2D eigenvalue weighted by molar-refractivity contribution is -0.121. The van der Waals surface area contributed by atoms with Gasteiger partial charge in [-0.2, -0.15) is 0 Å². The van der Waals surface area contributed by atoms with Crippen LogP contribution in [0.3, 0.4) is 0 Å². The van der Waals surface area contributed by atoms with Gasteiger partial charge in [-0.1, -0.05) is 17.7 Å². The Bertz CT molecular complexity index is 561. The molecule has 126 valence electrons. The Hall–Kier alpha value is -1.14. The number of rotatable bonds is 4. The van der Waals surface area contributed by atoms with Crippen molar-refractivity contribution in [3.05, 3.63) is 28.8 Å². The predicted molar refractivity (Wildman–Crippen MR) is 89.7 cm³/mol. The quantitative estimate of drug-likeness (QED) is 0.916. The van der Waals surface area contributed by atoms with Crippen molar-refractivity contribution in [3.8, 4) is 0 Å². The van der Waals surface area contributed by atoms with Crippen molar-refractivity contribution in [1.82, 2.24) is 4.90 Å². The van der Waals surface area contributed by atoms with E-state index < -0.39 is 0 Å².